The number of aliphatic imine (C=N–C) groups is 1. The molecule has 0 fully saturated rings. The summed E-state index contributed by atoms with van der Waals surface area (Å²) in [5.41, 5.74) is 2.43. The highest BCUT2D eigenvalue weighted by Crippen LogP contribution is 2.39. The fraction of sp³-hybridized carbons (Fsp3) is 0.650. The molecule has 3 rings (SSSR count). The Balaban J connectivity index is 2.06. The molecule has 6 heteroatoms. The summed E-state index contributed by atoms with van der Waals surface area (Å²) in [5, 5.41) is 9.76. The number of hydrogen-bond acceptors (Lipinski definition) is 4. The van der Waals surface area contributed by atoms with Crippen LogP contribution in [-0.2, 0) is 16.0 Å². The van der Waals surface area contributed by atoms with Crippen molar-refractivity contribution < 1.29 is 16.1 Å². The number of carbonyl (C=O) groups excluding carboxylic acids is 1. The van der Waals surface area contributed by atoms with Crippen LogP contribution < -0.4 is 0 Å². The lowest BCUT2D eigenvalue weighted by Gasteiger charge is -2.27. The molecule has 2 aliphatic heterocycles. The lowest BCUT2D eigenvalue weighted by molar-refractivity contribution is -0.141. The molecular formula is C20H28N2O3S. The summed E-state index contributed by atoms with van der Waals surface area (Å²) in [4.78, 5) is 29.9. The number of Topliss-reactive ketones (excluding diaryl/α,β-unsaturated/α-hetero) is 1. The van der Waals surface area contributed by atoms with Crippen LogP contribution in [0.5, 0.6) is 0 Å². The smallest absolute Gasteiger partial charge is 0.326 e. The van der Waals surface area contributed by atoms with E-state index in [1.807, 2.05) is 11.5 Å². The number of nitrogens with zero attached hydrogens (tertiary/aromatic N) is 2. The van der Waals surface area contributed by atoms with E-state index in [-0.39, 0.29) is 11.8 Å². The van der Waals surface area contributed by atoms with Crippen molar-refractivity contribution in [1.82, 2.24) is 4.57 Å². The zero-order chi connectivity index (χ0) is 19.6. The standard InChI is InChI=1S/C20H28N2O3S/c1-3-5-6-8-13-11-18-19-14(9-10-16(20(24)25)22(13)19)21-15(12-26-18)17(23)7-4-2/h11,15-16H,3-10,12H2,1-2H3,(H,24,25)/t15-,16+/m1/s1/i11D. The van der Waals surface area contributed by atoms with Crippen LogP contribution in [0.2, 0.25) is 0 Å². The SMILES string of the molecule is [2H]c1c2c3n(c1CCCCC)[C@H](C(=O)O)CCC3=N[C@@H](C(=O)CCC)CS2. The molecule has 3 heterocycles. The summed E-state index contributed by atoms with van der Waals surface area (Å²) in [5.74, 6) is -0.169. The maximum absolute atomic E-state index is 12.4. The molecule has 0 amide bonds. The molecule has 1 aromatic heterocycles. The van der Waals surface area contributed by atoms with Gasteiger partial charge in [0.2, 0.25) is 0 Å². The molecule has 142 valence electrons. The lowest BCUT2D eigenvalue weighted by Crippen LogP contribution is -2.31. The average Bonchev–Trinajstić information content (AvgIpc) is 2.80. The molecule has 0 saturated carbocycles. The van der Waals surface area contributed by atoms with Crippen LogP contribution in [0.1, 0.15) is 77.6 Å². The highest BCUT2D eigenvalue weighted by atomic mass is 32.2. The van der Waals surface area contributed by atoms with Crippen LogP contribution in [0.15, 0.2) is 15.9 Å². The van der Waals surface area contributed by atoms with Gasteiger partial charge in [0.15, 0.2) is 5.78 Å². The Morgan fingerprint density at radius 2 is 2.19 bits per heavy atom. The Bertz CT molecular complexity index is 772. The van der Waals surface area contributed by atoms with Crippen molar-refractivity contribution in [2.45, 2.75) is 82.2 Å². The largest absolute Gasteiger partial charge is 0.480 e. The van der Waals surface area contributed by atoms with Crippen molar-refractivity contribution in [3.05, 3.63) is 17.4 Å². The van der Waals surface area contributed by atoms with Crippen LogP contribution in [-0.4, -0.2) is 38.9 Å². The monoisotopic (exact) mass is 377 g/mol. The fourth-order valence-electron chi connectivity index (χ4n) is 3.78. The first-order valence-electron chi connectivity index (χ1n) is 10.2. The third-order valence-corrected chi connectivity index (χ3v) is 6.18. The van der Waals surface area contributed by atoms with E-state index in [0.717, 1.165) is 54.1 Å². The van der Waals surface area contributed by atoms with E-state index in [4.69, 9.17) is 6.36 Å². The molecule has 2 aliphatic rings. The normalized spacial score (nSPS) is 22.2. The molecule has 0 aliphatic carbocycles. The van der Waals surface area contributed by atoms with Crippen molar-refractivity contribution in [2.24, 2.45) is 4.99 Å². The van der Waals surface area contributed by atoms with E-state index in [2.05, 4.69) is 6.92 Å². The maximum Gasteiger partial charge on any atom is 0.326 e. The topological polar surface area (TPSA) is 71.7 Å². The summed E-state index contributed by atoms with van der Waals surface area (Å²) in [6, 6.07) is -0.581. The lowest BCUT2D eigenvalue weighted by atomic mass is 9.99. The van der Waals surface area contributed by atoms with Gasteiger partial charge in [0, 0.05) is 22.8 Å². The Labute approximate surface area is 160 Å². The van der Waals surface area contributed by atoms with Gasteiger partial charge in [0.1, 0.15) is 12.1 Å². The molecule has 0 saturated heterocycles. The third kappa shape index (κ3) is 3.75. The summed E-state index contributed by atoms with van der Waals surface area (Å²) in [6.45, 7) is 4.12. The number of ketones is 1. The van der Waals surface area contributed by atoms with Crippen molar-refractivity contribution in [1.29, 1.82) is 0 Å². The highest BCUT2D eigenvalue weighted by molar-refractivity contribution is 7.99. The first kappa shape index (κ1) is 17.8. The zero-order valence-corrected chi connectivity index (χ0v) is 16.4. The number of carboxylic acid groups (broad SMARTS) is 1. The summed E-state index contributed by atoms with van der Waals surface area (Å²) in [7, 11) is 0. The predicted molar refractivity (Wildman–Crippen MR) is 105 cm³/mol. The molecule has 0 bridgehead atoms. The second-order valence-corrected chi connectivity index (χ2v) is 8.12. The van der Waals surface area contributed by atoms with Gasteiger partial charge in [-0.3, -0.25) is 9.79 Å². The van der Waals surface area contributed by atoms with Crippen molar-refractivity contribution >= 4 is 29.2 Å². The van der Waals surface area contributed by atoms with Crippen LogP contribution in [0.4, 0.5) is 0 Å². The average molecular weight is 378 g/mol. The maximum atomic E-state index is 12.4. The molecule has 0 aromatic carbocycles. The molecule has 0 radical (unpaired) electrons. The van der Waals surface area contributed by atoms with E-state index in [1.165, 1.54) is 11.8 Å². The second kappa shape index (κ2) is 8.42. The molecule has 26 heavy (non-hydrogen) atoms. The van der Waals surface area contributed by atoms with Gasteiger partial charge in [-0.25, -0.2) is 4.79 Å². The fourth-order valence-corrected chi connectivity index (χ4v) is 4.91. The summed E-state index contributed by atoms with van der Waals surface area (Å²) < 4.78 is 10.6. The van der Waals surface area contributed by atoms with Crippen molar-refractivity contribution in [3.8, 4) is 0 Å². The number of carbonyl (C=O) groups is 2. The molecule has 2 atom stereocenters. The van der Waals surface area contributed by atoms with Crippen LogP contribution in [0.3, 0.4) is 0 Å². The number of aliphatic carboxylic acids is 1. The quantitative estimate of drug-likeness (QED) is 0.687. The van der Waals surface area contributed by atoms with Gasteiger partial charge in [-0.2, -0.15) is 0 Å². The minimum Gasteiger partial charge on any atom is -0.480 e. The van der Waals surface area contributed by atoms with E-state index in [1.54, 1.807) is 0 Å². The number of aromatic nitrogens is 1. The van der Waals surface area contributed by atoms with E-state index in [0.29, 0.717) is 31.1 Å². The minimum absolute atomic E-state index is 0.143. The molecule has 5 nitrogen and oxygen atoms in total. The van der Waals surface area contributed by atoms with Crippen LogP contribution in [0, 0.1) is 0 Å². The number of rotatable bonds is 8. The molecular weight excluding hydrogens is 348 g/mol. The van der Waals surface area contributed by atoms with Crippen LogP contribution in [0.25, 0.3) is 0 Å². The molecule has 0 spiro atoms. The molecule has 1 N–H and O–H groups in total. The van der Waals surface area contributed by atoms with E-state index >= 15 is 0 Å². The Morgan fingerprint density at radius 3 is 2.88 bits per heavy atom. The van der Waals surface area contributed by atoms with Crippen molar-refractivity contribution in [3.63, 3.8) is 0 Å². The predicted octanol–water partition coefficient (Wildman–Crippen LogP) is 4.27. The Morgan fingerprint density at radius 1 is 1.38 bits per heavy atom. The van der Waals surface area contributed by atoms with E-state index in [9.17, 15) is 14.7 Å². The first-order valence-corrected chi connectivity index (χ1v) is 10.7. The van der Waals surface area contributed by atoms with Gasteiger partial charge in [0.05, 0.1) is 12.8 Å². The van der Waals surface area contributed by atoms with Crippen LogP contribution >= 0.6 is 11.8 Å². The zero-order valence-electron chi connectivity index (χ0n) is 16.6. The first-order chi connectivity index (χ1) is 13.0. The minimum atomic E-state index is -0.851. The highest BCUT2D eigenvalue weighted by Gasteiger charge is 2.35. The van der Waals surface area contributed by atoms with Gasteiger partial charge in [-0.15, -0.1) is 11.8 Å². The van der Waals surface area contributed by atoms with E-state index < -0.39 is 12.0 Å². The second-order valence-electron chi connectivity index (χ2n) is 7.09. The molecule has 1 aromatic rings. The number of unbranched alkanes of at least 4 members (excludes halogenated alkanes) is 2. The summed E-state index contributed by atoms with van der Waals surface area (Å²) in [6.07, 6.45) is 6.15. The number of hydrogen-bond donors (Lipinski definition) is 1. The van der Waals surface area contributed by atoms with Crippen molar-refractivity contribution in [2.75, 3.05) is 5.75 Å². The summed E-state index contributed by atoms with van der Waals surface area (Å²) >= 11 is 1.50. The third-order valence-electron chi connectivity index (χ3n) is 5.11. The Hall–Kier alpha value is -1.56. The van der Waals surface area contributed by atoms with Gasteiger partial charge >= 0.3 is 5.97 Å². The molecule has 0 unspecified atom stereocenters. The van der Waals surface area contributed by atoms with Gasteiger partial charge in [-0.1, -0.05) is 26.7 Å². The Kier molecular flexibility index (Phi) is 5.78. The van der Waals surface area contributed by atoms with Gasteiger partial charge < -0.3 is 9.67 Å². The number of carboxylic acids is 1. The van der Waals surface area contributed by atoms with Gasteiger partial charge in [0.25, 0.3) is 0 Å². The number of thioether (sulfide) groups is 1. The van der Waals surface area contributed by atoms with Gasteiger partial charge in [-0.05, 0) is 38.1 Å².